The van der Waals surface area contributed by atoms with E-state index in [0.29, 0.717) is 30.7 Å². The van der Waals surface area contributed by atoms with E-state index in [1.807, 2.05) is 12.1 Å². The SMILES string of the molecule is CC(C)CCCC(C)NC(N)=NCCNC(=O)c1ccc(Br)cc1. The fourth-order valence-electron chi connectivity index (χ4n) is 2.25. The van der Waals surface area contributed by atoms with E-state index in [9.17, 15) is 4.79 Å². The lowest BCUT2D eigenvalue weighted by Crippen LogP contribution is -2.39. The highest BCUT2D eigenvalue weighted by Crippen LogP contribution is 2.10. The van der Waals surface area contributed by atoms with E-state index in [-0.39, 0.29) is 5.91 Å². The van der Waals surface area contributed by atoms with Crippen molar-refractivity contribution in [2.24, 2.45) is 16.6 Å². The third-order valence-electron chi connectivity index (χ3n) is 3.60. The van der Waals surface area contributed by atoms with Crippen molar-refractivity contribution >= 4 is 27.8 Å². The number of hydrogen-bond donors (Lipinski definition) is 3. The van der Waals surface area contributed by atoms with Gasteiger partial charge in [0.1, 0.15) is 0 Å². The molecule has 1 atom stereocenters. The zero-order valence-corrected chi connectivity index (χ0v) is 16.4. The van der Waals surface area contributed by atoms with Gasteiger partial charge in [-0.1, -0.05) is 42.6 Å². The maximum atomic E-state index is 11.9. The molecule has 1 amide bonds. The number of halogens is 1. The summed E-state index contributed by atoms with van der Waals surface area (Å²) >= 11 is 3.35. The van der Waals surface area contributed by atoms with E-state index >= 15 is 0 Å². The van der Waals surface area contributed by atoms with E-state index in [2.05, 4.69) is 52.3 Å². The monoisotopic (exact) mass is 396 g/mol. The summed E-state index contributed by atoms with van der Waals surface area (Å²) in [5, 5.41) is 6.02. The lowest BCUT2D eigenvalue weighted by Gasteiger charge is -2.15. The zero-order chi connectivity index (χ0) is 17.9. The van der Waals surface area contributed by atoms with Gasteiger partial charge in [-0.2, -0.15) is 0 Å². The van der Waals surface area contributed by atoms with Gasteiger partial charge in [-0.3, -0.25) is 9.79 Å². The minimum Gasteiger partial charge on any atom is -0.370 e. The van der Waals surface area contributed by atoms with Crippen LogP contribution in [0.3, 0.4) is 0 Å². The van der Waals surface area contributed by atoms with E-state index in [1.54, 1.807) is 12.1 Å². The molecule has 1 unspecified atom stereocenters. The molecule has 0 fully saturated rings. The van der Waals surface area contributed by atoms with Crippen LogP contribution in [0.5, 0.6) is 0 Å². The number of benzene rings is 1. The number of guanidine groups is 1. The highest BCUT2D eigenvalue weighted by atomic mass is 79.9. The van der Waals surface area contributed by atoms with Gasteiger partial charge < -0.3 is 16.4 Å². The van der Waals surface area contributed by atoms with Crippen LogP contribution in [0.15, 0.2) is 33.7 Å². The number of carbonyl (C=O) groups is 1. The molecule has 0 aliphatic heterocycles. The molecule has 4 N–H and O–H groups in total. The molecule has 0 aliphatic rings. The summed E-state index contributed by atoms with van der Waals surface area (Å²) in [6.07, 6.45) is 3.49. The van der Waals surface area contributed by atoms with Crippen molar-refractivity contribution in [2.45, 2.75) is 46.1 Å². The maximum absolute atomic E-state index is 11.9. The van der Waals surface area contributed by atoms with Gasteiger partial charge in [0.05, 0.1) is 6.54 Å². The number of rotatable bonds is 9. The normalized spacial score (nSPS) is 13.0. The minimum absolute atomic E-state index is 0.105. The summed E-state index contributed by atoms with van der Waals surface area (Å²) in [5.74, 6) is 1.06. The summed E-state index contributed by atoms with van der Waals surface area (Å²) in [6, 6.07) is 7.55. The molecule has 0 aromatic heterocycles. The molecule has 0 radical (unpaired) electrons. The first-order valence-corrected chi connectivity index (χ1v) is 9.28. The molecule has 5 nitrogen and oxygen atoms in total. The van der Waals surface area contributed by atoms with Crippen LogP contribution in [0.25, 0.3) is 0 Å². The topological polar surface area (TPSA) is 79.5 Å². The molecule has 1 aromatic rings. The minimum atomic E-state index is -0.105. The average molecular weight is 397 g/mol. The molecule has 134 valence electrons. The van der Waals surface area contributed by atoms with Crippen LogP contribution in [-0.4, -0.2) is 31.0 Å². The first-order chi connectivity index (χ1) is 11.4. The molecular weight excluding hydrogens is 368 g/mol. The fraction of sp³-hybridized carbons (Fsp3) is 0.556. The number of nitrogens with two attached hydrogens (primary N) is 1. The predicted molar refractivity (Wildman–Crippen MR) is 104 cm³/mol. The second kappa shape index (κ2) is 11.1. The third kappa shape index (κ3) is 8.91. The Hall–Kier alpha value is -1.56. The summed E-state index contributed by atoms with van der Waals surface area (Å²) in [5.41, 5.74) is 6.50. The summed E-state index contributed by atoms with van der Waals surface area (Å²) in [7, 11) is 0. The van der Waals surface area contributed by atoms with Gasteiger partial charge in [0.2, 0.25) is 0 Å². The fourth-order valence-corrected chi connectivity index (χ4v) is 2.52. The van der Waals surface area contributed by atoms with Crippen LogP contribution >= 0.6 is 15.9 Å². The molecular formula is C18H29BrN4O. The standard InChI is InChI=1S/C18H29BrN4O/c1-13(2)5-4-6-14(3)23-18(20)22-12-11-21-17(24)15-7-9-16(19)10-8-15/h7-10,13-14H,4-6,11-12H2,1-3H3,(H,21,24)(H3,20,22,23). The quantitative estimate of drug-likeness (QED) is 0.340. The zero-order valence-electron chi connectivity index (χ0n) is 14.8. The maximum Gasteiger partial charge on any atom is 0.251 e. The highest BCUT2D eigenvalue weighted by Gasteiger charge is 2.05. The summed E-state index contributed by atoms with van der Waals surface area (Å²) in [6.45, 7) is 7.49. The predicted octanol–water partition coefficient (Wildman–Crippen LogP) is 3.30. The second-order valence-corrected chi connectivity index (χ2v) is 7.32. The summed E-state index contributed by atoms with van der Waals surface area (Å²) in [4.78, 5) is 16.2. The number of carbonyl (C=O) groups excluding carboxylic acids is 1. The second-order valence-electron chi connectivity index (χ2n) is 6.40. The van der Waals surface area contributed by atoms with Crippen molar-refractivity contribution in [2.75, 3.05) is 13.1 Å². The Labute approximate surface area is 153 Å². The van der Waals surface area contributed by atoms with Crippen LogP contribution in [-0.2, 0) is 0 Å². The van der Waals surface area contributed by atoms with Gasteiger partial charge in [0.15, 0.2) is 5.96 Å². The molecule has 0 heterocycles. The van der Waals surface area contributed by atoms with Gasteiger partial charge in [0.25, 0.3) is 5.91 Å². The van der Waals surface area contributed by atoms with Crippen molar-refractivity contribution in [3.05, 3.63) is 34.3 Å². The first kappa shape index (κ1) is 20.5. The Bertz CT molecular complexity index is 528. The average Bonchev–Trinajstić information content (AvgIpc) is 2.51. The van der Waals surface area contributed by atoms with Crippen molar-refractivity contribution < 1.29 is 4.79 Å². The molecule has 0 saturated heterocycles. The van der Waals surface area contributed by atoms with E-state index in [4.69, 9.17) is 5.73 Å². The van der Waals surface area contributed by atoms with Crippen molar-refractivity contribution in [1.82, 2.24) is 10.6 Å². The molecule has 0 bridgehead atoms. The van der Waals surface area contributed by atoms with Crippen LogP contribution in [0.4, 0.5) is 0 Å². The molecule has 1 aromatic carbocycles. The van der Waals surface area contributed by atoms with Gasteiger partial charge in [-0.05, 0) is 43.5 Å². The molecule has 6 heteroatoms. The van der Waals surface area contributed by atoms with Crippen molar-refractivity contribution in [3.8, 4) is 0 Å². The number of aliphatic imine (C=N–C) groups is 1. The number of nitrogens with one attached hydrogen (secondary N) is 2. The van der Waals surface area contributed by atoms with E-state index < -0.39 is 0 Å². The molecule has 1 rings (SSSR count). The van der Waals surface area contributed by atoms with Crippen LogP contribution in [0, 0.1) is 5.92 Å². The number of hydrogen-bond acceptors (Lipinski definition) is 2. The van der Waals surface area contributed by atoms with E-state index in [0.717, 1.165) is 16.8 Å². The van der Waals surface area contributed by atoms with Gasteiger partial charge in [0, 0.05) is 22.6 Å². The van der Waals surface area contributed by atoms with Crippen molar-refractivity contribution in [1.29, 1.82) is 0 Å². The lowest BCUT2D eigenvalue weighted by molar-refractivity contribution is 0.0955. The van der Waals surface area contributed by atoms with Crippen molar-refractivity contribution in [3.63, 3.8) is 0 Å². The van der Waals surface area contributed by atoms with Gasteiger partial charge in [-0.15, -0.1) is 0 Å². The lowest BCUT2D eigenvalue weighted by atomic mass is 10.0. The van der Waals surface area contributed by atoms with Crippen LogP contribution in [0.2, 0.25) is 0 Å². The smallest absolute Gasteiger partial charge is 0.251 e. The van der Waals surface area contributed by atoms with Gasteiger partial charge in [-0.25, -0.2) is 0 Å². The number of nitrogens with zero attached hydrogens (tertiary/aromatic N) is 1. The van der Waals surface area contributed by atoms with Crippen LogP contribution in [0.1, 0.15) is 50.4 Å². The Morgan fingerprint density at radius 2 is 1.88 bits per heavy atom. The molecule has 24 heavy (non-hydrogen) atoms. The Balaban J connectivity index is 2.23. The molecule has 0 aliphatic carbocycles. The Morgan fingerprint density at radius 3 is 2.50 bits per heavy atom. The highest BCUT2D eigenvalue weighted by molar-refractivity contribution is 9.10. The van der Waals surface area contributed by atoms with E-state index in [1.165, 1.54) is 12.8 Å². The molecule has 0 spiro atoms. The third-order valence-corrected chi connectivity index (χ3v) is 4.13. The molecule has 0 saturated carbocycles. The summed E-state index contributed by atoms with van der Waals surface area (Å²) < 4.78 is 0.949. The van der Waals surface area contributed by atoms with Gasteiger partial charge >= 0.3 is 0 Å². The Kier molecular flexibility index (Phi) is 9.45. The largest absolute Gasteiger partial charge is 0.370 e. The Morgan fingerprint density at radius 1 is 1.21 bits per heavy atom. The van der Waals surface area contributed by atoms with Crippen LogP contribution < -0.4 is 16.4 Å². The first-order valence-electron chi connectivity index (χ1n) is 8.48. The number of amides is 1.